The Morgan fingerprint density at radius 1 is 1.31 bits per heavy atom. The van der Waals surface area contributed by atoms with E-state index < -0.39 is 0 Å². The fourth-order valence-corrected chi connectivity index (χ4v) is 6.36. The molecule has 2 atom stereocenters. The standard InChI is InChI=1S/C25H33N5OS/c1-15-5-10-21-22(26)23(32-25(21)28-15)24(31)29-18-8-6-17-13-20(9-7-16(17)12-18)30(2)14-19-4-3-11-27-19/h5,10,13,18-19,27H,3-4,6-9,11-12,14,26H2,1-2H3,(H,29,31). The van der Waals surface area contributed by atoms with Gasteiger partial charge in [0, 0.05) is 42.5 Å². The van der Waals surface area contributed by atoms with Crippen LogP contribution in [0.3, 0.4) is 0 Å². The number of allylic oxidation sites excluding steroid dienone is 3. The number of fused-ring (bicyclic) bond motifs is 1. The highest BCUT2D eigenvalue weighted by Crippen LogP contribution is 2.37. The number of anilines is 1. The van der Waals surface area contributed by atoms with Gasteiger partial charge in [0.1, 0.15) is 9.71 Å². The Morgan fingerprint density at radius 2 is 2.19 bits per heavy atom. The molecule has 170 valence electrons. The number of amides is 1. The zero-order chi connectivity index (χ0) is 22.2. The van der Waals surface area contributed by atoms with E-state index in [4.69, 9.17) is 5.73 Å². The van der Waals surface area contributed by atoms with Crippen LogP contribution < -0.4 is 16.4 Å². The lowest BCUT2D eigenvalue weighted by molar-refractivity contribution is 0.0938. The van der Waals surface area contributed by atoms with Crippen LogP contribution in [0.4, 0.5) is 5.69 Å². The van der Waals surface area contributed by atoms with Crippen molar-refractivity contribution >= 4 is 33.1 Å². The van der Waals surface area contributed by atoms with E-state index in [0.717, 1.165) is 61.1 Å². The quantitative estimate of drug-likeness (QED) is 0.637. The highest BCUT2D eigenvalue weighted by molar-refractivity contribution is 7.21. The van der Waals surface area contributed by atoms with Crippen LogP contribution in [0.2, 0.25) is 0 Å². The largest absolute Gasteiger partial charge is 0.397 e. The summed E-state index contributed by atoms with van der Waals surface area (Å²) in [5.41, 5.74) is 12.2. The first-order chi connectivity index (χ1) is 15.5. The van der Waals surface area contributed by atoms with E-state index in [2.05, 4.69) is 33.6 Å². The van der Waals surface area contributed by atoms with Crippen LogP contribution in [-0.2, 0) is 0 Å². The van der Waals surface area contributed by atoms with Crippen LogP contribution in [0.1, 0.15) is 60.3 Å². The van der Waals surface area contributed by atoms with Gasteiger partial charge in [0.2, 0.25) is 0 Å². The third kappa shape index (κ3) is 4.28. The molecule has 2 aromatic heterocycles. The van der Waals surface area contributed by atoms with E-state index in [1.165, 1.54) is 41.0 Å². The molecule has 2 unspecified atom stereocenters. The number of likely N-dealkylation sites (N-methyl/N-ethyl adjacent to an activating group) is 1. The minimum absolute atomic E-state index is 0.0620. The molecule has 5 rings (SSSR count). The average molecular weight is 452 g/mol. The Balaban J connectivity index is 1.24. The van der Waals surface area contributed by atoms with E-state index in [9.17, 15) is 4.79 Å². The molecule has 7 heteroatoms. The summed E-state index contributed by atoms with van der Waals surface area (Å²) < 4.78 is 0. The number of hydrogen-bond acceptors (Lipinski definition) is 6. The van der Waals surface area contributed by atoms with Gasteiger partial charge in [0.05, 0.1) is 5.69 Å². The normalized spacial score (nSPS) is 23.2. The van der Waals surface area contributed by atoms with Crippen LogP contribution >= 0.6 is 11.3 Å². The maximum atomic E-state index is 13.0. The van der Waals surface area contributed by atoms with E-state index >= 15 is 0 Å². The summed E-state index contributed by atoms with van der Waals surface area (Å²) in [6.07, 6.45) is 10.1. The molecular formula is C25H33N5OS. The first-order valence-corrected chi connectivity index (χ1v) is 12.6. The number of carbonyl (C=O) groups excluding carboxylic acids is 1. The summed E-state index contributed by atoms with van der Waals surface area (Å²) in [5, 5.41) is 7.74. The Morgan fingerprint density at radius 3 is 3.00 bits per heavy atom. The molecule has 2 aliphatic carbocycles. The number of carbonyl (C=O) groups is 1. The van der Waals surface area contributed by atoms with Crippen molar-refractivity contribution in [3.8, 4) is 0 Å². The summed E-state index contributed by atoms with van der Waals surface area (Å²) in [6, 6.07) is 4.71. The number of nitrogens with zero attached hydrogens (tertiary/aromatic N) is 2. The lowest BCUT2D eigenvalue weighted by Crippen LogP contribution is -2.38. The van der Waals surface area contributed by atoms with Crippen molar-refractivity contribution in [1.29, 1.82) is 0 Å². The number of nitrogen functional groups attached to an aromatic ring is 1. The van der Waals surface area contributed by atoms with Crippen LogP contribution in [0.25, 0.3) is 10.2 Å². The first kappa shape index (κ1) is 21.5. The van der Waals surface area contributed by atoms with E-state index in [1.54, 1.807) is 0 Å². The summed E-state index contributed by atoms with van der Waals surface area (Å²) in [5.74, 6) is -0.0620. The van der Waals surface area contributed by atoms with Gasteiger partial charge in [-0.25, -0.2) is 4.98 Å². The predicted molar refractivity (Wildman–Crippen MR) is 132 cm³/mol. The lowest BCUT2D eigenvalue weighted by Gasteiger charge is -2.33. The Bertz CT molecular complexity index is 1100. The van der Waals surface area contributed by atoms with Gasteiger partial charge < -0.3 is 21.3 Å². The van der Waals surface area contributed by atoms with Gasteiger partial charge in [-0.1, -0.05) is 5.57 Å². The van der Waals surface area contributed by atoms with E-state index in [0.29, 0.717) is 16.6 Å². The smallest absolute Gasteiger partial charge is 0.263 e. The Kier molecular flexibility index (Phi) is 5.95. The number of thiophene rings is 1. The van der Waals surface area contributed by atoms with Crippen LogP contribution in [0, 0.1) is 6.92 Å². The number of aryl methyl sites for hydroxylation is 1. The number of rotatable bonds is 5. The van der Waals surface area contributed by atoms with Crippen molar-refractivity contribution in [2.75, 3.05) is 25.9 Å². The molecule has 2 aromatic rings. The number of aromatic nitrogens is 1. The van der Waals surface area contributed by atoms with Gasteiger partial charge in [0.15, 0.2) is 0 Å². The fraction of sp³-hybridized carbons (Fsp3) is 0.520. The highest BCUT2D eigenvalue weighted by atomic mass is 32.1. The minimum atomic E-state index is -0.0620. The zero-order valence-electron chi connectivity index (χ0n) is 19.0. The molecule has 32 heavy (non-hydrogen) atoms. The van der Waals surface area contributed by atoms with Gasteiger partial charge >= 0.3 is 0 Å². The SMILES string of the molecule is Cc1ccc2c(N)c(C(=O)NC3CCC4=C(CCC(N(C)CC5CCCN5)=C4)C3)sc2n1. The number of hydrogen-bond donors (Lipinski definition) is 3. The molecule has 1 amide bonds. The van der Waals surface area contributed by atoms with Gasteiger partial charge in [-0.15, -0.1) is 11.3 Å². The van der Waals surface area contributed by atoms with Crippen LogP contribution in [-0.4, -0.2) is 48.0 Å². The van der Waals surface area contributed by atoms with Gasteiger partial charge in [-0.05, 0) is 82.2 Å². The molecule has 0 saturated carbocycles. The Labute approximate surface area is 194 Å². The molecule has 0 aromatic carbocycles. The molecule has 6 nitrogen and oxygen atoms in total. The van der Waals surface area contributed by atoms with Crippen LogP contribution in [0.15, 0.2) is 35.1 Å². The second-order valence-corrected chi connectivity index (χ2v) is 10.5. The molecule has 0 bridgehead atoms. The average Bonchev–Trinajstić information content (AvgIpc) is 3.40. The second-order valence-electron chi connectivity index (χ2n) is 9.50. The van der Waals surface area contributed by atoms with Gasteiger partial charge in [-0.3, -0.25) is 4.79 Å². The van der Waals surface area contributed by atoms with Crippen molar-refractivity contribution in [3.05, 3.63) is 45.6 Å². The molecule has 1 saturated heterocycles. The maximum absolute atomic E-state index is 13.0. The van der Waals surface area contributed by atoms with Crippen molar-refractivity contribution in [3.63, 3.8) is 0 Å². The van der Waals surface area contributed by atoms with Crippen molar-refractivity contribution < 1.29 is 4.79 Å². The van der Waals surface area contributed by atoms with Crippen LogP contribution in [0.5, 0.6) is 0 Å². The minimum Gasteiger partial charge on any atom is -0.397 e. The number of nitrogens with one attached hydrogen (secondary N) is 2. The summed E-state index contributed by atoms with van der Waals surface area (Å²) >= 11 is 1.39. The lowest BCUT2D eigenvalue weighted by atomic mass is 9.82. The van der Waals surface area contributed by atoms with E-state index in [-0.39, 0.29) is 11.9 Å². The molecule has 4 N–H and O–H groups in total. The molecular weight excluding hydrogens is 418 g/mol. The van der Waals surface area contributed by atoms with Crippen molar-refractivity contribution in [1.82, 2.24) is 20.5 Å². The fourth-order valence-electron chi connectivity index (χ4n) is 5.32. The molecule has 1 fully saturated rings. The van der Waals surface area contributed by atoms with Crippen molar-refractivity contribution in [2.24, 2.45) is 0 Å². The zero-order valence-corrected chi connectivity index (χ0v) is 19.9. The van der Waals surface area contributed by atoms with Gasteiger partial charge in [-0.2, -0.15) is 0 Å². The first-order valence-electron chi connectivity index (χ1n) is 11.8. The summed E-state index contributed by atoms with van der Waals surface area (Å²) in [7, 11) is 2.23. The summed E-state index contributed by atoms with van der Waals surface area (Å²) in [4.78, 5) is 21.4. The monoisotopic (exact) mass is 451 g/mol. The predicted octanol–water partition coefficient (Wildman–Crippen LogP) is 4.13. The number of pyridine rings is 1. The molecule has 0 radical (unpaired) electrons. The molecule has 3 aliphatic rings. The number of nitrogens with two attached hydrogens (primary N) is 1. The summed E-state index contributed by atoms with van der Waals surface area (Å²) in [6.45, 7) is 4.21. The highest BCUT2D eigenvalue weighted by Gasteiger charge is 2.27. The van der Waals surface area contributed by atoms with Crippen molar-refractivity contribution in [2.45, 2.75) is 64.0 Å². The third-order valence-electron chi connectivity index (χ3n) is 7.15. The second kappa shape index (κ2) is 8.87. The third-order valence-corrected chi connectivity index (χ3v) is 8.27. The maximum Gasteiger partial charge on any atom is 0.263 e. The molecule has 1 aliphatic heterocycles. The van der Waals surface area contributed by atoms with Gasteiger partial charge in [0.25, 0.3) is 5.91 Å². The molecule has 3 heterocycles. The van der Waals surface area contributed by atoms with E-state index in [1.807, 2.05) is 19.1 Å². The Hall–Kier alpha value is -2.38. The topological polar surface area (TPSA) is 83.3 Å². The molecule has 0 spiro atoms.